The number of ether oxygens (including phenoxy) is 2. The number of aliphatic hydroxyl groups is 2. The summed E-state index contributed by atoms with van der Waals surface area (Å²) in [6.07, 6.45) is -8.68. The Balaban J connectivity index is 1.64. The van der Waals surface area contributed by atoms with E-state index in [-0.39, 0.29) is 22.9 Å². The first-order valence-corrected chi connectivity index (χ1v) is 14.9. The number of halogens is 2. The van der Waals surface area contributed by atoms with Crippen molar-refractivity contribution < 1.29 is 42.3 Å². The third-order valence-electron chi connectivity index (χ3n) is 6.04. The Morgan fingerprint density at radius 3 is 2.63 bits per heavy atom. The molecule has 2 aromatic heterocycles. The fourth-order valence-corrected chi connectivity index (χ4v) is 6.46. The zero-order valence-electron chi connectivity index (χ0n) is 22.0. The van der Waals surface area contributed by atoms with Crippen LogP contribution >= 0.6 is 6.64 Å². The molecule has 6 atom stereocenters. The number of carbonyl (C=O) groups is 1. The highest BCUT2D eigenvalue weighted by molar-refractivity contribution is 8.09. The highest BCUT2D eigenvalue weighted by Gasteiger charge is 2.61. The van der Waals surface area contributed by atoms with Gasteiger partial charge in [0.05, 0.1) is 19.0 Å². The molecule has 0 amide bonds. The number of hydrogen-bond donors (Lipinski definition) is 5. The van der Waals surface area contributed by atoms with Crippen LogP contribution in [0.15, 0.2) is 41.5 Å². The first kappa shape index (κ1) is 30.9. The molecule has 18 heteroatoms. The SMILES string of the molecule is CC(C)OC(=O)[C@H](C)NP(=S)(OC[C@@]1(C(F)F)O[C@@H](n2cnc3c(=O)[nH]c(N)nc32)[C@@H](O)[C@@H]1O)Oc1ccccc1. The molecule has 0 aliphatic carbocycles. The number of H-pyrrole nitrogens is 1. The molecule has 3 heterocycles. The van der Waals surface area contributed by atoms with Crippen molar-refractivity contribution in [3.05, 3.63) is 47.0 Å². The molecule has 0 radical (unpaired) electrons. The average molecular weight is 619 g/mol. The van der Waals surface area contributed by atoms with E-state index in [1.807, 2.05) is 0 Å². The van der Waals surface area contributed by atoms with Crippen LogP contribution in [0.2, 0.25) is 0 Å². The van der Waals surface area contributed by atoms with Gasteiger partial charge in [0.2, 0.25) is 5.95 Å². The van der Waals surface area contributed by atoms with Crippen LogP contribution in [0, 0.1) is 0 Å². The van der Waals surface area contributed by atoms with Gasteiger partial charge < -0.3 is 34.5 Å². The van der Waals surface area contributed by atoms with Crippen LogP contribution in [-0.4, -0.2) is 78.7 Å². The molecule has 41 heavy (non-hydrogen) atoms. The number of esters is 1. The van der Waals surface area contributed by atoms with Crippen LogP contribution in [0.1, 0.15) is 27.0 Å². The lowest BCUT2D eigenvalue weighted by Crippen LogP contribution is -2.53. The first-order chi connectivity index (χ1) is 19.3. The Labute approximate surface area is 237 Å². The number of benzene rings is 1. The highest BCUT2D eigenvalue weighted by Crippen LogP contribution is 2.49. The van der Waals surface area contributed by atoms with E-state index in [9.17, 15) is 28.6 Å². The van der Waals surface area contributed by atoms with E-state index in [4.69, 9.17) is 36.1 Å². The van der Waals surface area contributed by atoms with Crippen molar-refractivity contribution in [3.63, 3.8) is 0 Å². The zero-order chi connectivity index (χ0) is 30.1. The maximum atomic E-state index is 14.7. The molecule has 3 aromatic rings. The third kappa shape index (κ3) is 6.40. The molecular weight excluding hydrogens is 589 g/mol. The minimum Gasteiger partial charge on any atom is -0.462 e. The van der Waals surface area contributed by atoms with E-state index in [0.717, 1.165) is 10.9 Å². The molecule has 1 aromatic carbocycles. The monoisotopic (exact) mass is 618 g/mol. The van der Waals surface area contributed by atoms with Gasteiger partial charge in [0.1, 0.15) is 24.0 Å². The number of hydrogen-bond acceptors (Lipinski definition) is 12. The molecule has 6 N–H and O–H groups in total. The maximum Gasteiger partial charge on any atom is 0.323 e. The Morgan fingerprint density at radius 2 is 2.00 bits per heavy atom. The van der Waals surface area contributed by atoms with E-state index in [1.165, 1.54) is 19.1 Å². The van der Waals surface area contributed by atoms with Crippen molar-refractivity contribution >= 4 is 41.5 Å². The van der Waals surface area contributed by atoms with E-state index >= 15 is 0 Å². The molecule has 1 aliphatic heterocycles. The number of aromatic amines is 1. The van der Waals surface area contributed by atoms with Crippen LogP contribution in [0.3, 0.4) is 0 Å². The molecule has 1 fully saturated rings. The van der Waals surface area contributed by atoms with Crippen LogP contribution in [0.25, 0.3) is 11.2 Å². The second kappa shape index (κ2) is 12.1. The van der Waals surface area contributed by atoms with Crippen molar-refractivity contribution in [2.75, 3.05) is 12.3 Å². The van der Waals surface area contributed by atoms with E-state index < -0.39 is 67.4 Å². The van der Waals surface area contributed by atoms with Gasteiger partial charge in [0.25, 0.3) is 12.0 Å². The number of fused-ring (bicyclic) bond motifs is 1. The van der Waals surface area contributed by atoms with Crippen molar-refractivity contribution in [2.24, 2.45) is 0 Å². The van der Waals surface area contributed by atoms with Gasteiger partial charge in [-0.2, -0.15) is 4.98 Å². The quantitative estimate of drug-likeness (QED) is 0.152. The second-order valence-corrected chi connectivity index (χ2v) is 12.6. The molecule has 224 valence electrons. The smallest absolute Gasteiger partial charge is 0.323 e. The number of alkyl halides is 2. The van der Waals surface area contributed by atoms with E-state index in [1.54, 1.807) is 32.0 Å². The summed E-state index contributed by atoms with van der Waals surface area (Å²) in [5.74, 6) is -0.779. The molecule has 0 bridgehead atoms. The third-order valence-corrected chi connectivity index (χ3v) is 8.52. The Morgan fingerprint density at radius 1 is 1.32 bits per heavy atom. The molecule has 4 rings (SSSR count). The fourth-order valence-electron chi connectivity index (χ4n) is 4.04. The highest BCUT2D eigenvalue weighted by atomic mass is 32.5. The van der Waals surface area contributed by atoms with Crippen molar-refractivity contribution in [2.45, 2.75) is 63.4 Å². The Bertz CT molecular complexity index is 1490. The van der Waals surface area contributed by atoms with Crippen molar-refractivity contribution in [1.82, 2.24) is 24.6 Å². The predicted molar refractivity (Wildman–Crippen MR) is 145 cm³/mol. The first-order valence-electron chi connectivity index (χ1n) is 12.3. The van der Waals surface area contributed by atoms with Gasteiger partial charge in [-0.25, -0.2) is 18.9 Å². The summed E-state index contributed by atoms with van der Waals surface area (Å²) in [6.45, 7) is -0.181. The summed E-state index contributed by atoms with van der Waals surface area (Å²) in [6, 6.07) is 6.99. The molecular formula is C23H29F2N6O8PS. The topological polar surface area (TPSA) is 196 Å². The van der Waals surface area contributed by atoms with Gasteiger partial charge in [-0.3, -0.25) is 19.1 Å². The standard InChI is InChI=1S/C23H29F2N6O8PS/c1-11(2)37-20(35)12(3)30-40(41,39-13-7-5-4-6-8-13)36-9-23(21(24)25)16(33)15(32)19(38-23)31-10-27-14-17(31)28-22(26)29-18(14)34/h4-8,10-12,15-16,19,21,32-33H,9H2,1-3H3,(H,30,41)(H3,26,28,29,34)/t12-,15-,16-,19+,23+,40?/m0/s1. The molecule has 1 unspecified atom stereocenters. The Hall–Kier alpha value is -3.05. The van der Waals surface area contributed by atoms with E-state index in [0.29, 0.717) is 0 Å². The number of rotatable bonds is 11. The number of carbonyl (C=O) groups excluding carboxylic acids is 1. The molecule has 0 saturated carbocycles. The number of aromatic nitrogens is 4. The zero-order valence-corrected chi connectivity index (χ0v) is 23.7. The lowest BCUT2D eigenvalue weighted by Gasteiger charge is -2.34. The summed E-state index contributed by atoms with van der Waals surface area (Å²) in [4.78, 5) is 34.7. The van der Waals surface area contributed by atoms with Gasteiger partial charge in [-0.15, -0.1) is 0 Å². The maximum absolute atomic E-state index is 14.7. The summed E-state index contributed by atoms with van der Waals surface area (Å²) in [5, 5.41) is 24.4. The summed E-state index contributed by atoms with van der Waals surface area (Å²) >= 11 is 5.56. The van der Waals surface area contributed by atoms with Crippen molar-refractivity contribution in [3.8, 4) is 5.75 Å². The number of nitrogens with one attached hydrogen (secondary N) is 2. The van der Waals surface area contributed by atoms with Gasteiger partial charge in [-0.05, 0) is 44.7 Å². The van der Waals surface area contributed by atoms with Crippen LogP contribution < -0.4 is 20.9 Å². The van der Waals surface area contributed by atoms with E-state index in [2.05, 4.69) is 20.0 Å². The largest absolute Gasteiger partial charge is 0.462 e. The van der Waals surface area contributed by atoms with Gasteiger partial charge in [0.15, 0.2) is 23.0 Å². The summed E-state index contributed by atoms with van der Waals surface area (Å²) < 4.78 is 52.6. The van der Waals surface area contributed by atoms with Gasteiger partial charge in [0, 0.05) is 0 Å². The number of nitrogens with two attached hydrogens (primary N) is 1. The fraction of sp³-hybridized carbons (Fsp3) is 0.478. The normalized spacial score (nSPS) is 25.0. The minimum atomic E-state index is -3.82. The average Bonchev–Trinajstić information content (AvgIpc) is 3.42. The molecule has 0 spiro atoms. The van der Waals surface area contributed by atoms with Crippen molar-refractivity contribution in [1.29, 1.82) is 0 Å². The number of aliphatic hydroxyl groups excluding tert-OH is 2. The van der Waals surface area contributed by atoms with Crippen LogP contribution in [0.4, 0.5) is 14.7 Å². The number of imidazole rings is 1. The van der Waals surface area contributed by atoms with Gasteiger partial charge in [-0.1, -0.05) is 18.2 Å². The number of nitrogens with zero attached hydrogens (tertiary/aromatic N) is 3. The Kier molecular flexibility index (Phi) is 9.08. The number of nitrogen functional groups attached to an aromatic ring is 1. The summed E-state index contributed by atoms with van der Waals surface area (Å²) in [5.41, 5.74) is 1.68. The van der Waals surface area contributed by atoms with Crippen LogP contribution in [-0.2, 0) is 30.6 Å². The number of anilines is 1. The minimum absolute atomic E-state index is 0.176. The molecule has 14 nitrogen and oxygen atoms in total. The lowest BCUT2D eigenvalue weighted by molar-refractivity contribution is -0.191. The second-order valence-electron chi connectivity index (χ2n) is 9.49. The predicted octanol–water partition coefficient (Wildman–Crippen LogP) is 1.21. The lowest BCUT2D eigenvalue weighted by atomic mass is 9.96. The molecule has 1 saturated heterocycles. The van der Waals surface area contributed by atoms with Crippen LogP contribution in [0.5, 0.6) is 5.75 Å². The summed E-state index contributed by atoms with van der Waals surface area (Å²) in [7, 11) is 0. The molecule has 1 aliphatic rings. The van der Waals surface area contributed by atoms with Gasteiger partial charge >= 0.3 is 12.6 Å². The number of para-hydroxylation sites is 1.